The number of halogens is 5. The fourth-order valence-corrected chi connectivity index (χ4v) is 2.56. The van der Waals surface area contributed by atoms with E-state index in [4.69, 9.17) is 11.6 Å². The molecule has 0 saturated heterocycles. The minimum Gasteiger partial charge on any atom is -0.384 e. The fourth-order valence-electron chi connectivity index (χ4n) is 1.79. The van der Waals surface area contributed by atoms with E-state index in [0.717, 1.165) is 16.6 Å². The molecule has 0 heterocycles. The smallest absolute Gasteiger partial charge is 0.384 e. The summed E-state index contributed by atoms with van der Waals surface area (Å²) in [4.78, 5) is 0. The van der Waals surface area contributed by atoms with Crippen molar-refractivity contribution in [3.05, 3.63) is 68.7 Å². The Labute approximate surface area is 127 Å². The highest BCUT2D eigenvalue weighted by molar-refractivity contribution is 9.10. The third-order valence-electron chi connectivity index (χ3n) is 2.79. The maximum Gasteiger partial charge on any atom is 0.416 e. The third-order valence-corrected chi connectivity index (χ3v) is 3.61. The molecule has 1 nitrogen and oxygen atoms in total. The number of benzene rings is 2. The van der Waals surface area contributed by atoms with E-state index in [2.05, 4.69) is 15.9 Å². The van der Waals surface area contributed by atoms with Crippen molar-refractivity contribution in [2.24, 2.45) is 0 Å². The van der Waals surface area contributed by atoms with Crippen molar-refractivity contribution in [2.75, 3.05) is 0 Å². The molecule has 2 aromatic rings. The summed E-state index contributed by atoms with van der Waals surface area (Å²) in [6, 6.07) is 9.37. The Kier molecular flexibility index (Phi) is 4.42. The van der Waals surface area contributed by atoms with Crippen LogP contribution in [-0.2, 0) is 6.18 Å². The molecule has 1 unspecified atom stereocenters. The third kappa shape index (κ3) is 3.34. The van der Waals surface area contributed by atoms with Crippen LogP contribution in [0.15, 0.2) is 46.9 Å². The predicted octanol–water partition coefficient (Wildman–Crippen LogP) is 5.20. The van der Waals surface area contributed by atoms with Crippen LogP contribution in [0.4, 0.5) is 13.2 Å². The Morgan fingerprint density at radius 2 is 1.80 bits per heavy atom. The van der Waals surface area contributed by atoms with Crippen molar-refractivity contribution in [3.8, 4) is 0 Å². The lowest BCUT2D eigenvalue weighted by Gasteiger charge is -2.15. The summed E-state index contributed by atoms with van der Waals surface area (Å²) in [5.41, 5.74) is -0.305. The number of aliphatic hydroxyl groups excluding tert-OH is 1. The van der Waals surface area contributed by atoms with Gasteiger partial charge in [-0.1, -0.05) is 45.7 Å². The summed E-state index contributed by atoms with van der Waals surface area (Å²) in [7, 11) is 0. The normalized spacial score (nSPS) is 13.3. The topological polar surface area (TPSA) is 20.2 Å². The molecule has 0 fully saturated rings. The molecule has 0 aliphatic heterocycles. The summed E-state index contributed by atoms with van der Waals surface area (Å²) < 4.78 is 38.7. The molecule has 0 amide bonds. The van der Waals surface area contributed by atoms with E-state index in [1.165, 1.54) is 12.1 Å². The van der Waals surface area contributed by atoms with Gasteiger partial charge in [-0.3, -0.25) is 0 Å². The van der Waals surface area contributed by atoms with Gasteiger partial charge in [-0.15, -0.1) is 0 Å². The summed E-state index contributed by atoms with van der Waals surface area (Å²) in [6.07, 6.45) is -5.66. The number of hydrogen-bond donors (Lipinski definition) is 1. The number of alkyl halides is 3. The molecule has 106 valence electrons. The maximum atomic E-state index is 12.7. The van der Waals surface area contributed by atoms with Crippen LogP contribution in [0, 0.1) is 0 Å². The second-order valence-electron chi connectivity index (χ2n) is 4.19. The van der Waals surface area contributed by atoms with Gasteiger partial charge in [0.15, 0.2) is 0 Å². The van der Waals surface area contributed by atoms with Gasteiger partial charge in [-0.25, -0.2) is 0 Å². The first-order valence-electron chi connectivity index (χ1n) is 5.59. The summed E-state index contributed by atoms with van der Waals surface area (Å²) in [5.74, 6) is 0. The molecular formula is C14H9BrClF3O. The van der Waals surface area contributed by atoms with Gasteiger partial charge in [0.25, 0.3) is 0 Å². The Hall–Kier alpha value is -1.04. The average molecular weight is 366 g/mol. The summed E-state index contributed by atoms with van der Waals surface area (Å²) >= 11 is 9.22. The lowest BCUT2D eigenvalue weighted by molar-refractivity contribution is -0.137. The number of rotatable bonds is 2. The Bertz CT molecular complexity index is 628. The van der Waals surface area contributed by atoms with Crippen LogP contribution in [0.1, 0.15) is 22.8 Å². The van der Waals surface area contributed by atoms with Gasteiger partial charge >= 0.3 is 6.18 Å². The van der Waals surface area contributed by atoms with E-state index in [1.807, 2.05) is 0 Å². The van der Waals surface area contributed by atoms with E-state index in [-0.39, 0.29) is 10.6 Å². The maximum absolute atomic E-state index is 12.7. The van der Waals surface area contributed by atoms with Crippen LogP contribution in [-0.4, -0.2) is 5.11 Å². The Balaban J connectivity index is 2.41. The molecule has 2 aromatic carbocycles. The SMILES string of the molecule is OC(c1cccc(C(F)(F)F)c1)c1ccc(Br)cc1Cl. The molecule has 1 N–H and O–H groups in total. The van der Waals surface area contributed by atoms with Crippen molar-refractivity contribution >= 4 is 27.5 Å². The molecule has 20 heavy (non-hydrogen) atoms. The zero-order valence-electron chi connectivity index (χ0n) is 9.96. The van der Waals surface area contributed by atoms with E-state index >= 15 is 0 Å². The quantitative estimate of drug-likeness (QED) is 0.775. The molecule has 0 aliphatic rings. The van der Waals surface area contributed by atoms with Gasteiger partial charge in [0, 0.05) is 15.1 Å². The van der Waals surface area contributed by atoms with E-state index in [9.17, 15) is 18.3 Å². The van der Waals surface area contributed by atoms with Crippen molar-refractivity contribution in [1.82, 2.24) is 0 Å². The van der Waals surface area contributed by atoms with E-state index in [0.29, 0.717) is 5.56 Å². The van der Waals surface area contributed by atoms with E-state index < -0.39 is 17.8 Å². The molecule has 6 heteroatoms. The lowest BCUT2D eigenvalue weighted by Crippen LogP contribution is -2.07. The second kappa shape index (κ2) is 5.76. The Morgan fingerprint density at radius 3 is 2.40 bits per heavy atom. The molecule has 2 rings (SSSR count). The summed E-state index contributed by atoms with van der Waals surface area (Å²) in [6.45, 7) is 0. The average Bonchev–Trinajstić information content (AvgIpc) is 2.37. The number of hydrogen-bond acceptors (Lipinski definition) is 1. The molecule has 0 aliphatic carbocycles. The molecular weight excluding hydrogens is 357 g/mol. The first-order valence-corrected chi connectivity index (χ1v) is 6.76. The zero-order valence-corrected chi connectivity index (χ0v) is 12.3. The first kappa shape index (κ1) is 15.4. The van der Waals surface area contributed by atoms with Gasteiger partial charge in [-0.2, -0.15) is 13.2 Å². The van der Waals surface area contributed by atoms with Crippen LogP contribution in [0.5, 0.6) is 0 Å². The molecule has 1 atom stereocenters. The highest BCUT2D eigenvalue weighted by Gasteiger charge is 2.31. The molecule has 0 radical (unpaired) electrons. The standard InChI is InChI=1S/C14H9BrClF3O/c15-10-4-5-11(12(16)7-10)13(20)8-2-1-3-9(6-8)14(17,18)19/h1-7,13,20H. The van der Waals surface area contributed by atoms with Crippen molar-refractivity contribution in [1.29, 1.82) is 0 Å². The summed E-state index contributed by atoms with van der Waals surface area (Å²) in [5, 5.41) is 10.5. The highest BCUT2D eigenvalue weighted by atomic mass is 79.9. The molecule has 0 bridgehead atoms. The van der Waals surface area contributed by atoms with Crippen molar-refractivity contribution in [3.63, 3.8) is 0 Å². The monoisotopic (exact) mass is 364 g/mol. The van der Waals surface area contributed by atoms with Gasteiger partial charge in [0.1, 0.15) is 6.10 Å². The van der Waals surface area contributed by atoms with Gasteiger partial charge < -0.3 is 5.11 Å². The Morgan fingerprint density at radius 1 is 1.10 bits per heavy atom. The van der Waals surface area contributed by atoms with Crippen molar-refractivity contribution in [2.45, 2.75) is 12.3 Å². The molecule has 0 aromatic heterocycles. The van der Waals surface area contributed by atoms with Crippen LogP contribution in [0.2, 0.25) is 5.02 Å². The minimum atomic E-state index is -4.45. The fraction of sp³-hybridized carbons (Fsp3) is 0.143. The van der Waals surface area contributed by atoms with Crippen LogP contribution in [0.25, 0.3) is 0 Å². The van der Waals surface area contributed by atoms with Crippen LogP contribution >= 0.6 is 27.5 Å². The highest BCUT2D eigenvalue weighted by Crippen LogP contribution is 2.34. The zero-order chi connectivity index (χ0) is 14.9. The minimum absolute atomic E-state index is 0.143. The number of aliphatic hydroxyl groups is 1. The van der Waals surface area contributed by atoms with Gasteiger partial charge in [0.05, 0.1) is 5.56 Å². The lowest BCUT2D eigenvalue weighted by atomic mass is 9.99. The van der Waals surface area contributed by atoms with Gasteiger partial charge in [-0.05, 0) is 29.8 Å². The van der Waals surface area contributed by atoms with E-state index in [1.54, 1.807) is 18.2 Å². The largest absolute Gasteiger partial charge is 0.416 e. The van der Waals surface area contributed by atoms with Gasteiger partial charge in [0.2, 0.25) is 0 Å². The van der Waals surface area contributed by atoms with Crippen LogP contribution < -0.4 is 0 Å². The second-order valence-corrected chi connectivity index (χ2v) is 5.51. The van der Waals surface area contributed by atoms with Crippen LogP contribution in [0.3, 0.4) is 0 Å². The predicted molar refractivity (Wildman–Crippen MR) is 74.7 cm³/mol. The molecule has 0 spiro atoms. The first-order chi connectivity index (χ1) is 9.29. The molecule has 0 saturated carbocycles. The van der Waals surface area contributed by atoms with Crippen molar-refractivity contribution < 1.29 is 18.3 Å².